The van der Waals surface area contributed by atoms with Crippen LogP contribution in [0.1, 0.15) is 0 Å². The number of hydrogen-bond donors (Lipinski definition) is 4. The zero-order valence-electron chi connectivity index (χ0n) is 10.5. The summed E-state index contributed by atoms with van der Waals surface area (Å²) in [5, 5.41) is 37.5. The van der Waals surface area contributed by atoms with Crippen LogP contribution in [0.25, 0.3) is 0 Å². The summed E-state index contributed by atoms with van der Waals surface area (Å²) in [6.07, 6.45) is 0. The fourth-order valence-corrected chi connectivity index (χ4v) is 1.96. The highest BCUT2D eigenvalue weighted by Gasteiger charge is 2.57. The molecule has 0 aromatic rings. The average Bonchev–Trinajstić information content (AvgIpc) is 2.21. The Labute approximate surface area is 119 Å². The Kier molecular flexibility index (Phi) is 4.17. The van der Waals surface area contributed by atoms with Crippen LogP contribution in [0, 0.1) is 0 Å². The lowest BCUT2D eigenvalue weighted by molar-refractivity contribution is -0.0290. The molecule has 0 aromatic carbocycles. The Morgan fingerprint density at radius 3 is 1.57 bits per heavy atom. The first-order valence-electron chi connectivity index (χ1n) is 5.85. The van der Waals surface area contributed by atoms with Gasteiger partial charge in [-0.2, -0.15) is 0 Å². The topological polar surface area (TPSA) is 164 Å². The molecule has 0 radical (unpaired) electrons. The van der Waals surface area contributed by atoms with Gasteiger partial charge in [-0.3, -0.25) is 0 Å². The van der Waals surface area contributed by atoms with E-state index in [1.165, 1.54) is 6.82 Å². The molecule has 0 amide bonds. The quantitative estimate of drug-likeness (QED) is 0.315. The lowest BCUT2D eigenvalue weighted by Gasteiger charge is -2.62. The summed E-state index contributed by atoms with van der Waals surface area (Å²) < 4.78 is 42.9. The van der Waals surface area contributed by atoms with E-state index in [9.17, 15) is 20.1 Å². The second-order valence-corrected chi connectivity index (χ2v) is 4.18. The van der Waals surface area contributed by atoms with Crippen molar-refractivity contribution in [2.24, 2.45) is 0 Å². The van der Waals surface area contributed by atoms with Crippen LogP contribution in [-0.2, 0) is 41.1 Å². The molecule has 0 saturated carbocycles. The number of hydrogen-bond acceptors (Lipinski definition) is 13. The summed E-state index contributed by atoms with van der Waals surface area (Å²) in [6, 6.07) is 0. The molecule has 3 aliphatic rings. The van der Waals surface area contributed by atoms with Crippen LogP contribution in [-0.4, -0.2) is 70.4 Å². The Morgan fingerprint density at radius 2 is 1.05 bits per heavy atom. The fraction of sp³-hybridized carbons (Fsp3) is 1.00. The van der Waals surface area contributed by atoms with Gasteiger partial charge in [0.15, 0.2) is 0 Å². The highest BCUT2D eigenvalue weighted by Crippen LogP contribution is 2.32. The van der Waals surface area contributed by atoms with Gasteiger partial charge in [0.1, 0.15) is 0 Å². The van der Waals surface area contributed by atoms with E-state index in [1.54, 1.807) is 0 Å². The van der Waals surface area contributed by atoms with Crippen LogP contribution in [0.3, 0.4) is 0 Å². The van der Waals surface area contributed by atoms with Gasteiger partial charge in [-0.25, -0.2) is 0 Å². The lowest BCUT2D eigenvalue weighted by Crippen LogP contribution is -2.76. The SMILES string of the molecule is CB1OB(O)O[B-]2(O1)OB(O)O[B-]1(OB(O)OB(O)O1)O2. The van der Waals surface area contributed by atoms with Gasteiger partial charge in [0.05, 0.1) is 0 Å². The van der Waals surface area contributed by atoms with Gasteiger partial charge in [-0.15, -0.1) is 0 Å². The molecule has 0 aromatic heterocycles. The molecular weight excluding hydrogens is 296 g/mol. The van der Waals surface area contributed by atoms with E-state index in [4.69, 9.17) is 36.6 Å². The molecular formula is CH7B7O13-2. The van der Waals surface area contributed by atoms with Crippen LogP contribution in [0.15, 0.2) is 0 Å². The van der Waals surface area contributed by atoms with Crippen molar-refractivity contribution in [3.63, 3.8) is 0 Å². The van der Waals surface area contributed by atoms with Gasteiger partial charge in [0.25, 0.3) is 0 Å². The van der Waals surface area contributed by atoms with Crippen LogP contribution in [0.2, 0.25) is 6.82 Å². The van der Waals surface area contributed by atoms with Crippen molar-refractivity contribution in [3.8, 4) is 0 Å². The normalized spacial score (nSPS) is 33.3. The standard InChI is InChI=1S/CH7B7O13/c1-2-13-3(9)16-7(15-2)19-6(12)20-8(21-7)17-4(10)14-5(11)18-8/h9-12H,1H3/q-2. The van der Waals surface area contributed by atoms with Crippen molar-refractivity contribution in [2.45, 2.75) is 6.82 Å². The van der Waals surface area contributed by atoms with Crippen molar-refractivity contribution >= 4 is 50.3 Å². The maximum Gasteiger partial charge on any atom is 0.582 e. The summed E-state index contributed by atoms with van der Waals surface area (Å²) in [4.78, 5) is 0. The maximum atomic E-state index is 9.55. The van der Waals surface area contributed by atoms with Crippen LogP contribution in [0.5, 0.6) is 0 Å². The van der Waals surface area contributed by atoms with E-state index >= 15 is 0 Å². The summed E-state index contributed by atoms with van der Waals surface area (Å²) in [6.45, 7) is -5.36. The minimum absolute atomic E-state index is 1.05. The molecule has 3 rings (SSSR count). The van der Waals surface area contributed by atoms with Gasteiger partial charge in [0.2, 0.25) is 0 Å². The van der Waals surface area contributed by atoms with Gasteiger partial charge in [-0.1, -0.05) is 0 Å². The van der Waals surface area contributed by atoms with E-state index in [-0.39, 0.29) is 0 Å². The predicted octanol–water partition coefficient (Wildman–Crippen LogP) is -4.93. The maximum absolute atomic E-state index is 9.55. The smallest absolute Gasteiger partial charge is 0.582 e. The molecule has 20 heteroatoms. The average molecular weight is 303 g/mol. The third-order valence-corrected chi connectivity index (χ3v) is 2.65. The van der Waals surface area contributed by atoms with Crippen LogP contribution >= 0.6 is 0 Å². The predicted molar refractivity (Wildman–Crippen MR) is 64.8 cm³/mol. The molecule has 3 fully saturated rings. The highest BCUT2D eigenvalue weighted by molar-refractivity contribution is 6.88. The highest BCUT2D eigenvalue weighted by atomic mass is 17.0. The van der Waals surface area contributed by atoms with Crippen LogP contribution in [0.4, 0.5) is 0 Å². The Balaban J connectivity index is 1.84. The van der Waals surface area contributed by atoms with Crippen molar-refractivity contribution in [1.29, 1.82) is 0 Å². The van der Waals surface area contributed by atoms with E-state index < -0.39 is 50.3 Å². The van der Waals surface area contributed by atoms with Gasteiger partial charge < -0.3 is 61.2 Å². The molecule has 3 heterocycles. The van der Waals surface area contributed by atoms with Gasteiger partial charge in [-0.05, 0) is 6.82 Å². The molecule has 3 aliphatic heterocycles. The summed E-state index contributed by atoms with van der Waals surface area (Å²) in [5.74, 6) is 0. The molecule has 1 atom stereocenters. The molecule has 0 aliphatic carbocycles. The van der Waals surface area contributed by atoms with Gasteiger partial charge in [0, 0.05) is 0 Å². The largest absolute Gasteiger partial charge is 0.680 e. The van der Waals surface area contributed by atoms with E-state index in [0.717, 1.165) is 0 Å². The summed E-state index contributed by atoms with van der Waals surface area (Å²) >= 11 is 0. The first kappa shape index (κ1) is 15.8. The van der Waals surface area contributed by atoms with Crippen molar-refractivity contribution < 1.29 is 61.2 Å². The van der Waals surface area contributed by atoms with E-state index in [0.29, 0.717) is 0 Å². The summed E-state index contributed by atoms with van der Waals surface area (Å²) in [5.41, 5.74) is 0. The monoisotopic (exact) mass is 304 g/mol. The zero-order valence-corrected chi connectivity index (χ0v) is 10.5. The first-order valence-corrected chi connectivity index (χ1v) is 5.85. The second-order valence-electron chi connectivity index (χ2n) is 4.18. The Bertz CT molecular complexity index is 328. The lowest BCUT2D eigenvalue weighted by atomic mass is 9.75. The third kappa shape index (κ3) is 3.32. The fourth-order valence-electron chi connectivity index (χ4n) is 1.96. The molecule has 3 saturated heterocycles. The first-order chi connectivity index (χ1) is 9.80. The zero-order chi connectivity index (χ0) is 15.3. The molecule has 1 unspecified atom stereocenters. The van der Waals surface area contributed by atoms with Crippen molar-refractivity contribution in [3.05, 3.63) is 0 Å². The Hall–Kier alpha value is -0.0655. The molecule has 112 valence electrons. The molecule has 13 nitrogen and oxygen atoms in total. The van der Waals surface area contributed by atoms with Crippen LogP contribution < -0.4 is 0 Å². The molecule has 21 heavy (non-hydrogen) atoms. The minimum atomic E-state index is -3.44. The van der Waals surface area contributed by atoms with Gasteiger partial charge >= 0.3 is 50.3 Å². The number of rotatable bonds is 0. The van der Waals surface area contributed by atoms with Crippen molar-refractivity contribution in [2.75, 3.05) is 0 Å². The summed E-state index contributed by atoms with van der Waals surface area (Å²) in [7, 11) is -8.89. The van der Waals surface area contributed by atoms with E-state index in [2.05, 4.69) is 4.57 Å². The van der Waals surface area contributed by atoms with Crippen molar-refractivity contribution in [1.82, 2.24) is 0 Å². The minimum Gasteiger partial charge on any atom is -0.680 e. The third-order valence-electron chi connectivity index (χ3n) is 2.65. The van der Waals surface area contributed by atoms with E-state index in [1.807, 2.05) is 0 Å². The Morgan fingerprint density at radius 1 is 0.619 bits per heavy atom. The molecule has 0 bridgehead atoms. The molecule has 4 N–H and O–H groups in total. The second kappa shape index (κ2) is 5.53. The molecule has 2 spiro atoms.